The van der Waals surface area contributed by atoms with Crippen LogP contribution in [0, 0.1) is 0 Å². The van der Waals surface area contributed by atoms with Crippen LogP contribution in [0.3, 0.4) is 0 Å². The van der Waals surface area contributed by atoms with Gasteiger partial charge in [0.1, 0.15) is 0 Å². The van der Waals surface area contributed by atoms with E-state index in [4.69, 9.17) is 0 Å². The topological polar surface area (TPSA) is 83.3 Å². The van der Waals surface area contributed by atoms with Crippen LogP contribution in [0.2, 0.25) is 0 Å². The maximum absolute atomic E-state index is 11.7. The Hall–Kier alpha value is -1.33. The van der Waals surface area contributed by atoms with Crippen molar-refractivity contribution < 1.29 is 15.7 Å². The molecule has 1 amide bonds. The van der Waals surface area contributed by atoms with Gasteiger partial charge in [0.2, 0.25) is 0 Å². The van der Waals surface area contributed by atoms with Crippen molar-refractivity contribution in [2.45, 2.75) is 12.8 Å². The number of hydrogen-bond acceptors (Lipinski definition) is 1. The van der Waals surface area contributed by atoms with E-state index < -0.39 is 0 Å². The molecule has 1 aromatic carbocycles. The van der Waals surface area contributed by atoms with Crippen molar-refractivity contribution in [3.63, 3.8) is 0 Å². The molecule has 0 atom stereocenters. The van der Waals surface area contributed by atoms with Gasteiger partial charge in [-0.2, -0.15) is 0 Å². The molecule has 1 saturated heterocycles. The van der Waals surface area contributed by atoms with Gasteiger partial charge < -0.3 is 15.9 Å². The molecular weight excluding hydrogens is 205 g/mol. The third kappa shape index (κ3) is 3.68. The molecular formula is C11H18BNO3. The Morgan fingerprint density at radius 3 is 2.19 bits per heavy atom. The van der Waals surface area contributed by atoms with Gasteiger partial charge in [-0.05, 0) is 12.8 Å². The Kier molecular flexibility index (Phi) is 6.45. The van der Waals surface area contributed by atoms with Crippen LogP contribution in [0.5, 0.6) is 0 Å². The molecule has 0 saturated carbocycles. The smallest absolute Gasteiger partial charge is 0.267 e. The van der Waals surface area contributed by atoms with Crippen molar-refractivity contribution >= 4 is 18.5 Å². The molecule has 88 valence electrons. The molecule has 0 spiro atoms. The lowest BCUT2D eigenvalue weighted by Gasteiger charge is -2.14. The van der Waals surface area contributed by atoms with Gasteiger partial charge in [-0.1, -0.05) is 35.8 Å². The summed E-state index contributed by atoms with van der Waals surface area (Å²) < 4.78 is 0. The van der Waals surface area contributed by atoms with E-state index in [9.17, 15) is 4.79 Å². The van der Waals surface area contributed by atoms with Crippen LogP contribution in [0.15, 0.2) is 30.3 Å². The second-order valence-corrected chi connectivity index (χ2v) is 3.75. The number of carbonyl (C=O) groups is 1. The minimum atomic E-state index is 0. The average molecular weight is 223 g/mol. The highest BCUT2D eigenvalue weighted by Gasteiger charge is 2.18. The summed E-state index contributed by atoms with van der Waals surface area (Å²) in [6.45, 7) is 1.90. The predicted octanol–water partition coefficient (Wildman–Crippen LogP) is -0.685. The molecule has 0 radical (unpaired) electrons. The highest BCUT2D eigenvalue weighted by Crippen LogP contribution is 2.07. The van der Waals surface area contributed by atoms with E-state index in [1.165, 1.54) is 12.8 Å². The van der Waals surface area contributed by atoms with E-state index in [2.05, 4.69) is 0 Å². The summed E-state index contributed by atoms with van der Waals surface area (Å²) in [7, 11) is 0.556. The molecule has 0 unspecified atom stereocenters. The lowest BCUT2D eigenvalue weighted by atomic mass is 9.69. The maximum Gasteiger partial charge on any atom is 0.267 e. The lowest BCUT2D eigenvalue weighted by molar-refractivity contribution is 0.232. The standard InChI is InChI=1S/C11H14BNO.2H2O/c14-11(13-8-4-5-9-13)12-10-6-2-1-3-7-10;;/h1-3,6-7,12H,4-5,8-9H2;2*1H2. The second kappa shape index (κ2) is 7.03. The van der Waals surface area contributed by atoms with E-state index in [-0.39, 0.29) is 16.8 Å². The molecule has 4 N–H and O–H groups in total. The zero-order valence-electron chi connectivity index (χ0n) is 9.28. The molecule has 0 aromatic heterocycles. The minimum absolute atomic E-state index is 0. The zero-order chi connectivity index (χ0) is 9.80. The van der Waals surface area contributed by atoms with Gasteiger partial charge in [0.25, 0.3) is 7.28 Å². The number of benzene rings is 1. The van der Waals surface area contributed by atoms with Gasteiger partial charge in [-0.15, -0.1) is 0 Å². The molecule has 1 aromatic rings. The number of carbonyl (C=O) groups excluding carboxylic acids is 1. The fourth-order valence-corrected chi connectivity index (χ4v) is 1.85. The first-order chi connectivity index (χ1) is 6.86. The largest absolute Gasteiger partial charge is 0.412 e. The Morgan fingerprint density at radius 1 is 1.06 bits per heavy atom. The van der Waals surface area contributed by atoms with Gasteiger partial charge >= 0.3 is 0 Å². The summed E-state index contributed by atoms with van der Waals surface area (Å²) in [4.78, 5) is 13.7. The van der Waals surface area contributed by atoms with Crippen molar-refractivity contribution in [1.29, 1.82) is 0 Å². The van der Waals surface area contributed by atoms with Crippen molar-refractivity contribution in [2.24, 2.45) is 0 Å². The zero-order valence-corrected chi connectivity index (χ0v) is 9.28. The van der Waals surface area contributed by atoms with Crippen LogP contribution >= 0.6 is 0 Å². The highest BCUT2D eigenvalue weighted by molar-refractivity contribution is 6.83. The number of hydrogen-bond donors (Lipinski definition) is 0. The molecule has 1 aliphatic heterocycles. The number of amides is 1. The van der Waals surface area contributed by atoms with Crippen LogP contribution < -0.4 is 5.46 Å². The van der Waals surface area contributed by atoms with E-state index in [1.54, 1.807) is 0 Å². The van der Waals surface area contributed by atoms with E-state index in [1.807, 2.05) is 35.2 Å². The van der Waals surface area contributed by atoms with E-state index in [0.29, 0.717) is 7.28 Å². The van der Waals surface area contributed by atoms with Crippen LogP contribution in [0.25, 0.3) is 0 Å². The summed E-state index contributed by atoms with van der Waals surface area (Å²) in [5, 5.41) is 0. The third-order valence-corrected chi connectivity index (χ3v) is 2.66. The molecule has 0 bridgehead atoms. The van der Waals surface area contributed by atoms with Crippen LogP contribution in [-0.4, -0.2) is 42.0 Å². The minimum Gasteiger partial charge on any atom is -0.412 e. The predicted molar refractivity (Wildman–Crippen MR) is 66.7 cm³/mol. The van der Waals surface area contributed by atoms with E-state index >= 15 is 0 Å². The fraction of sp³-hybridized carbons (Fsp3) is 0.364. The molecule has 1 fully saturated rings. The van der Waals surface area contributed by atoms with Crippen LogP contribution in [0.4, 0.5) is 4.79 Å². The number of likely N-dealkylation sites (tertiary alicyclic amines) is 1. The Morgan fingerprint density at radius 2 is 1.62 bits per heavy atom. The van der Waals surface area contributed by atoms with Gasteiger partial charge in [-0.25, -0.2) is 0 Å². The molecule has 1 heterocycles. The Bertz CT molecular complexity index is 312. The van der Waals surface area contributed by atoms with Crippen molar-refractivity contribution in [1.82, 2.24) is 4.90 Å². The quantitative estimate of drug-likeness (QED) is 0.611. The van der Waals surface area contributed by atoms with Crippen molar-refractivity contribution in [3.8, 4) is 0 Å². The summed E-state index contributed by atoms with van der Waals surface area (Å²) in [6.07, 6.45) is 2.33. The average Bonchev–Trinajstić information content (AvgIpc) is 2.72. The van der Waals surface area contributed by atoms with Gasteiger partial charge in [0.15, 0.2) is 5.81 Å². The number of nitrogens with zero attached hydrogens (tertiary/aromatic N) is 1. The normalized spacial score (nSPS) is 13.6. The fourth-order valence-electron chi connectivity index (χ4n) is 1.85. The number of rotatable bonds is 2. The second-order valence-electron chi connectivity index (χ2n) is 3.75. The molecule has 1 aliphatic rings. The summed E-state index contributed by atoms with van der Waals surface area (Å²) in [6, 6.07) is 9.95. The Balaban J connectivity index is 0.00000112. The first-order valence-electron chi connectivity index (χ1n) is 5.18. The summed E-state index contributed by atoms with van der Waals surface area (Å²) in [5.74, 6) is 0.272. The molecule has 2 rings (SSSR count). The SMILES string of the molecule is O.O.O=C(Bc1ccccc1)N1CCCC1. The molecule has 0 aliphatic carbocycles. The summed E-state index contributed by atoms with van der Waals surface area (Å²) in [5.41, 5.74) is 1.12. The van der Waals surface area contributed by atoms with Crippen LogP contribution in [0.1, 0.15) is 12.8 Å². The van der Waals surface area contributed by atoms with Gasteiger partial charge in [0, 0.05) is 13.1 Å². The van der Waals surface area contributed by atoms with Crippen LogP contribution in [-0.2, 0) is 0 Å². The Labute approximate surface area is 96.1 Å². The monoisotopic (exact) mass is 223 g/mol. The molecule has 4 nitrogen and oxygen atoms in total. The summed E-state index contributed by atoms with van der Waals surface area (Å²) >= 11 is 0. The van der Waals surface area contributed by atoms with Gasteiger partial charge in [-0.3, -0.25) is 4.79 Å². The van der Waals surface area contributed by atoms with Crippen molar-refractivity contribution in [2.75, 3.05) is 13.1 Å². The molecule has 5 heteroatoms. The third-order valence-electron chi connectivity index (χ3n) is 2.66. The molecule has 16 heavy (non-hydrogen) atoms. The maximum atomic E-state index is 11.7. The lowest BCUT2D eigenvalue weighted by Crippen LogP contribution is -2.36. The first kappa shape index (κ1) is 14.7. The van der Waals surface area contributed by atoms with E-state index in [0.717, 1.165) is 18.6 Å². The van der Waals surface area contributed by atoms with Crippen molar-refractivity contribution in [3.05, 3.63) is 30.3 Å². The first-order valence-corrected chi connectivity index (χ1v) is 5.18. The highest BCUT2D eigenvalue weighted by atomic mass is 16.2. The van der Waals surface area contributed by atoms with Gasteiger partial charge in [0.05, 0.1) is 0 Å².